The molecule has 3 heteroatoms. The van der Waals surface area contributed by atoms with E-state index in [4.69, 9.17) is 17.2 Å². The van der Waals surface area contributed by atoms with E-state index in [1.54, 1.807) is 0 Å². The van der Waals surface area contributed by atoms with E-state index < -0.39 is 0 Å². The van der Waals surface area contributed by atoms with Gasteiger partial charge >= 0.3 is 0 Å². The largest absolute Gasteiger partial charge is 0.399 e. The summed E-state index contributed by atoms with van der Waals surface area (Å²) < 4.78 is 0. The van der Waals surface area contributed by atoms with E-state index in [0.717, 1.165) is 33.8 Å². The van der Waals surface area contributed by atoms with Gasteiger partial charge in [-0.05, 0) is 80.6 Å². The minimum Gasteiger partial charge on any atom is -0.399 e. The molecule has 0 aliphatic carbocycles. The van der Waals surface area contributed by atoms with Crippen LogP contribution in [0.2, 0.25) is 0 Å². The van der Waals surface area contributed by atoms with Crippen LogP contribution in [0.4, 0.5) is 17.1 Å². The van der Waals surface area contributed by atoms with Crippen molar-refractivity contribution in [3.8, 4) is 33.4 Å². The van der Waals surface area contributed by atoms with Crippen LogP contribution < -0.4 is 17.2 Å². The Labute approximate surface area is 181 Å². The second-order valence-electron chi connectivity index (χ2n) is 7.75. The summed E-state index contributed by atoms with van der Waals surface area (Å²) >= 11 is 0. The number of anilines is 3. The molecule has 0 aliphatic rings. The van der Waals surface area contributed by atoms with Gasteiger partial charge in [-0.25, -0.2) is 0 Å². The van der Waals surface area contributed by atoms with Crippen molar-refractivity contribution < 1.29 is 0 Å². The van der Waals surface area contributed by atoms with Gasteiger partial charge in [0.2, 0.25) is 0 Å². The normalized spacial score (nSPS) is 11.0. The maximum Gasteiger partial charge on any atom is 0.0314 e. The number of nitrogen functional groups attached to an aromatic ring is 3. The standard InChI is InChI=1S/C28H23N3/c29-21-10-4-18(5-11-21)24-16-17-26(20-8-14-23(31)15-9-20)28-25(2-1-3-27(24)28)19-6-12-22(30)13-7-19/h1-17H,29-31H2. The molecule has 6 N–H and O–H groups in total. The fourth-order valence-electron chi connectivity index (χ4n) is 4.13. The van der Waals surface area contributed by atoms with Crippen LogP contribution in [0.25, 0.3) is 44.2 Å². The quantitative estimate of drug-likeness (QED) is 0.299. The Balaban J connectivity index is 1.84. The molecular formula is C28H23N3. The molecule has 5 aromatic rings. The zero-order chi connectivity index (χ0) is 21.4. The lowest BCUT2D eigenvalue weighted by atomic mass is 9.87. The number of fused-ring (bicyclic) bond motifs is 1. The molecular weight excluding hydrogens is 378 g/mol. The highest BCUT2D eigenvalue weighted by atomic mass is 14.5. The summed E-state index contributed by atoms with van der Waals surface area (Å²) in [6.45, 7) is 0. The molecule has 0 spiro atoms. The van der Waals surface area contributed by atoms with E-state index in [9.17, 15) is 0 Å². The lowest BCUT2D eigenvalue weighted by Gasteiger charge is -2.16. The predicted molar refractivity (Wildman–Crippen MR) is 133 cm³/mol. The zero-order valence-electron chi connectivity index (χ0n) is 17.0. The summed E-state index contributed by atoms with van der Waals surface area (Å²) in [4.78, 5) is 0. The fourth-order valence-corrected chi connectivity index (χ4v) is 4.13. The Hall–Kier alpha value is -4.24. The maximum atomic E-state index is 5.94. The Kier molecular flexibility index (Phi) is 4.57. The van der Waals surface area contributed by atoms with Gasteiger partial charge in [-0.1, -0.05) is 66.7 Å². The number of hydrogen-bond donors (Lipinski definition) is 3. The second kappa shape index (κ2) is 7.54. The van der Waals surface area contributed by atoms with Gasteiger partial charge in [0.15, 0.2) is 0 Å². The van der Waals surface area contributed by atoms with Crippen molar-refractivity contribution in [3.05, 3.63) is 103 Å². The van der Waals surface area contributed by atoms with E-state index >= 15 is 0 Å². The molecule has 31 heavy (non-hydrogen) atoms. The molecule has 0 saturated carbocycles. The van der Waals surface area contributed by atoms with Crippen molar-refractivity contribution in [1.29, 1.82) is 0 Å². The van der Waals surface area contributed by atoms with Crippen LogP contribution in [-0.2, 0) is 0 Å². The SMILES string of the molecule is Nc1ccc(-c2ccc(-c3ccc(N)cc3)c3c(-c4ccc(N)cc4)cccc23)cc1. The van der Waals surface area contributed by atoms with Gasteiger partial charge in [0.25, 0.3) is 0 Å². The van der Waals surface area contributed by atoms with E-state index in [1.807, 2.05) is 36.4 Å². The molecule has 5 rings (SSSR count). The first kappa shape index (κ1) is 18.8. The topological polar surface area (TPSA) is 78.1 Å². The molecule has 3 nitrogen and oxygen atoms in total. The van der Waals surface area contributed by atoms with E-state index in [1.165, 1.54) is 27.5 Å². The molecule has 0 amide bonds. The average molecular weight is 402 g/mol. The predicted octanol–water partition coefficient (Wildman–Crippen LogP) is 6.59. The third-order valence-corrected chi connectivity index (χ3v) is 5.71. The van der Waals surface area contributed by atoms with Crippen LogP contribution in [0.1, 0.15) is 0 Å². The molecule has 0 aromatic heterocycles. The summed E-state index contributed by atoms with van der Waals surface area (Å²) in [6.07, 6.45) is 0. The zero-order valence-corrected chi connectivity index (χ0v) is 17.0. The van der Waals surface area contributed by atoms with E-state index in [-0.39, 0.29) is 0 Å². The number of hydrogen-bond acceptors (Lipinski definition) is 3. The summed E-state index contributed by atoms with van der Waals surface area (Å²) in [5, 5.41) is 2.39. The second-order valence-corrected chi connectivity index (χ2v) is 7.75. The average Bonchev–Trinajstić information content (AvgIpc) is 2.80. The summed E-state index contributed by atoms with van der Waals surface area (Å²) in [5.41, 5.74) is 27.0. The number of benzene rings is 5. The van der Waals surface area contributed by atoms with Crippen molar-refractivity contribution in [2.75, 3.05) is 17.2 Å². The first-order valence-electron chi connectivity index (χ1n) is 10.2. The summed E-state index contributed by atoms with van der Waals surface area (Å²) in [5.74, 6) is 0. The molecule has 0 fully saturated rings. The van der Waals surface area contributed by atoms with Crippen molar-refractivity contribution in [2.24, 2.45) is 0 Å². The Morgan fingerprint density at radius 1 is 0.355 bits per heavy atom. The van der Waals surface area contributed by atoms with Crippen LogP contribution in [0.15, 0.2) is 103 Å². The lowest BCUT2D eigenvalue weighted by molar-refractivity contribution is 1.60. The maximum absolute atomic E-state index is 5.94. The van der Waals surface area contributed by atoms with Crippen LogP contribution in [0.5, 0.6) is 0 Å². The Morgan fingerprint density at radius 2 is 0.742 bits per heavy atom. The monoisotopic (exact) mass is 401 g/mol. The molecule has 150 valence electrons. The van der Waals surface area contributed by atoms with Gasteiger partial charge in [-0.3, -0.25) is 0 Å². The minimum absolute atomic E-state index is 0.755. The highest BCUT2D eigenvalue weighted by Crippen LogP contribution is 2.41. The third kappa shape index (κ3) is 3.47. The van der Waals surface area contributed by atoms with Gasteiger partial charge in [0, 0.05) is 17.1 Å². The fraction of sp³-hybridized carbons (Fsp3) is 0. The highest BCUT2D eigenvalue weighted by Gasteiger charge is 2.14. The molecule has 0 saturated heterocycles. The van der Waals surface area contributed by atoms with Crippen molar-refractivity contribution in [2.45, 2.75) is 0 Å². The lowest BCUT2D eigenvalue weighted by Crippen LogP contribution is -1.91. The summed E-state index contributed by atoms with van der Waals surface area (Å²) in [6, 6.07) is 35.0. The van der Waals surface area contributed by atoms with Crippen LogP contribution in [0.3, 0.4) is 0 Å². The molecule has 0 radical (unpaired) electrons. The van der Waals surface area contributed by atoms with Gasteiger partial charge in [-0.15, -0.1) is 0 Å². The van der Waals surface area contributed by atoms with Gasteiger partial charge in [-0.2, -0.15) is 0 Å². The molecule has 0 bridgehead atoms. The number of rotatable bonds is 3. The highest BCUT2D eigenvalue weighted by molar-refractivity contribution is 6.12. The van der Waals surface area contributed by atoms with Gasteiger partial charge in [0.1, 0.15) is 0 Å². The Morgan fingerprint density at radius 3 is 1.23 bits per heavy atom. The van der Waals surface area contributed by atoms with Crippen LogP contribution in [0, 0.1) is 0 Å². The summed E-state index contributed by atoms with van der Waals surface area (Å²) in [7, 11) is 0. The first-order chi connectivity index (χ1) is 15.1. The first-order valence-corrected chi connectivity index (χ1v) is 10.2. The molecule has 0 heterocycles. The molecule has 5 aromatic carbocycles. The van der Waals surface area contributed by atoms with Crippen molar-refractivity contribution in [3.63, 3.8) is 0 Å². The van der Waals surface area contributed by atoms with Gasteiger partial charge < -0.3 is 17.2 Å². The van der Waals surface area contributed by atoms with Crippen LogP contribution >= 0.6 is 0 Å². The van der Waals surface area contributed by atoms with Crippen molar-refractivity contribution >= 4 is 27.8 Å². The minimum atomic E-state index is 0.755. The Bertz CT molecular complexity index is 1320. The van der Waals surface area contributed by atoms with Crippen LogP contribution in [-0.4, -0.2) is 0 Å². The van der Waals surface area contributed by atoms with Gasteiger partial charge in [0.05, 0.1) is 0 Å². The third-order valence-electron chi connectivity index (χ3n) is 5.71. The number of nitrogens with two attached hydrogens (primary N) is 3. The van der Waals surface area contributed by atoms with E-state index in [0.29, 0.717) is 0 Å². The van der Waals surface area contributed by atoms with E-state index in [2.05, 4.69) is 66.7 Å². The smallest absolute Gasteiger partial charge is 0.0314 e. The molecule has 0 aliphatic heterocycles. The molecule has 0 atom stereocenters. The van der Waals surface area contributed by atoms with Crippen molar-refractivity contribution in [1.82, 2.24) is 0 Å². The molecule has 0 unspecified atom stereocenters.